The number of benzene rings is 1. The van der Waals surface area contributed by atoms with E-state index in [2.05, 4.69) is 15.4 Å². The molecule has 6 heteroatoms. The molecule has 3 N–H and O–H groups in total. The van der Waals surface area contributed by atoms with E-state index in [1.165, 1.54) is 6.33 Å². The zero-order valence-electron chi connectivity index (χ0n) is 11.8. The van der Waals surface area contributed by atoms with E-state index >= 15 is 0 Å². The Kier molecular flexibility index (Phi) is 3.96. The van der Waals surface area contributed by atoms with Crippen molar-refractivity contribution in [3.63, 3.8) is 0 Å². The zero-order valence-corrected chi connectivity index (χ0v) is 11.8. The van der Waals surface area contributed by atoms with E-state index in [1.54, 1.807) is 11.0 Å². The fourth-order valence-corrected chi connectivity index (χ4v) is 2.76. The van der Waals surface area contributed by atoms with Gasteiger partial charge in [-0.2, -0.15) is 5.10 Å². The van der Waals surface area contributed by atoms with Crippen molar-refractivity contribution in [2.75, 3.05) is 5.32 Å². The van der Waals surface area contributed by atoms with Crippen molar-refractivity contribution in [1.82, 2.24) is 14.8 Å². The van der Waals surface area contributed by atoms with E-state index < -0.39 is 0 Å². The van der Waals surface area contributed by atoms with E-state index in [4.69, 9.17) is 5.73 Å². The third-order valence-corrected chi connectivity index (χ3v) is 3.92. The number of hydrogen-bond acceptors (Lipinski definition) is 4. The lowest BCUT2D eigenvalue weighted by Crippen LogP contribution is -2.23. The summed E-state index contributed by atoms with van der Waals surface area (Å²) in [6.45, 7) is 0.584. The van der Waals surface area contributed by atoms with E-state index in [0.717, 1.165) is 30.5 Å². The molecule has 0 aliphatic heterocycles. The Hall–Kier alpha value is -2.21. The largest absolute Gasteiger partial charge is 0.328 e. The molecule has 1 heterocycles. The van der Waals surface area contributed by atoms with Gasteiger partial charge in [0, 0.05) is 17.6 Å². The number of carbonyl (C=O) groups is 1. The minimum Gasteiger partial charge on any atom is -0.328 e. The first-order valence-corrected chi connectivity index (χ1v) is 7.19. The monoisotopic (exact) mass is 285 g/mol. The lowest BCUT2D eigenvalue weighted by molar-refractivity contribution is -0.119. The average molecular weight is 285 g/mol. The fraction of sp³-hybridized carbons (Fsp3) is 0.400. The Bertz CT molecular complexity index is 610. The molecule has 2 aromatic rings. The number of carbonyl (C=O) groups excluding carboxylic acids is 1. The number of aromatic nitrogens is 3. The Morgan fingerprint density at radius 3 is 2.95 bits per heavy atom. The number of nitrogens with one attached hydrogen (secondary N) is 1. The maximum atomic E-state index is 12.3. The maximum Gasteiger partial charge on any atom is 0.227 e. The molecule has 0 radical (unpaired) electrons. The summed E-state index contributed by atoms with van der Waals surface area (Å²) in [5.74, 6) is 0.0911. The number of nitrogens with two attached hydrogens (primary N) is 1. The summed E-state index contributed by atoms with van der Waals surface area (Å²) in [6, 6.07) is 7.93. The molecule has 1 amide bonds. The maximum absolute atomic E-state index is 12.3. The normalized spacial score (nSPS) is 21.4. The highest BCUT2D eigenvalue weighted by molar-refractivity contribution is 5.93. The zero-order chi connectivity index (χ0) is 14.7. The number of nitrogens with zero attached hydrogens (tertiary/aromatic N) is 3. The fourth-order valence-electron chi connectivity index (χ4n) is 2.76. The highest BCUT2D eigenvalue weighted by atomic mass is 16.1. The van der Waals surface area contributed by atoms with Gasteiger partial charge in [0.25, 0.3) is 0 Å². The van der Waals surface area contributed by atoms with Gasteiger partial charge in [-0.1, -0.05) is 18.2 Å². The molecule has 2 atom stereocenters. The van der Waals surface area contributed by atoms with E-state index in [9.17, 15) is 4.79 Å². The molecular weight excluding hydrogens is 266 g/mol. The quantitative estimate of drug-likeness (QED) is 0.889. The van der Waals surface area contributed by atoms with Crippen molar-refractivity contribution in [3.05, 3.63) is 42.5 Å². The van der Waals surface area contributed by atoms with Gasteiger partial charge in [-0.3, -0.25) is 4.79 Å². The van der Waals surface area contributed by atoms with Gasteiger partial charge >= 0.3 is 0 Å². The molecule has 0 bridgehead atoms. The van der Waals surface area contributed by atoms with Crippen molar-refractivity contribution < 1.29 is 4.79 Å². The summed E-state index contributed by atoms with van der Waals surface area (Å²) < 4.78 is 1.73. The predicted molar refractivity (Wildman–Crippen MR) is 79.5 cm³/mol. The first-order chi connectivity index (χ1) is 10.2. The van der Waals surface area contributed by atoms with E-state index in [-0.39, 0.29) is 17.9 Å². The molecule has 2 unspecified atom stereocenters. The summed E-state index contributed by atoms with van der Waals surface area (Å²) in [7, 11) is 0. The first-order valence-electron chi connectivity index (χ1n) is 7.19. The van der Waals surface area contributed by atoms with Crippen LogP contribution in [0.5, 0.6) is 0 Å². The summed E-state index contributed by atoms with van der Waals surface area (Å²) in [4.78, 5) is 16.2. The van der Waals surface area contributed by atoms with Crippen LogP contribution in [0.4, 0.5) is 5.69 Å². The van der Waals surface area contributed by atoms with Gasteiger partial charge in [-0.15, -0.1) is 0 Å². The second kappa shape index (κ2) is 6.05. The van der Waals surface area contributed by atoms with Crippen molar-refractivity contribution >= 4 is 11.6 Å². The van der Waals surface area contributed by atoms with Crippen LogP contribution in [0.1, 0.15) is 24.8 Å². The van der Waals surface area contributed by atoms with Crippen LogP contribution in [0.3, 0.4) is 0 Å². The molecule has 110 valence electrons. The van der Waals surface area contributed by atoms with Crippen molar-refractivity contribution in [1.29, 1.82) is 0 Å². The molecule has 3 rings (SSSR count). The number of rotatable bonds is 4. The molecule has 0 spiro atoms. The van der Waals surface area contributed by atoms with Crippen LogP contribution in [-0.2, 0) is 11.3 Å². The van der Waals surface area contributed by atoms with E-state index in [1.807, 2.05) is 24.3 Å². The van der Waals surface area contributed by atoms with Crippen LogP contribution in [-0.4, -0.2) is 26.7 Å². The van der Waals surface area contributed by atoms with Crippen LogP contribution in [0.2, 0.25) is 0 Å². The summed E-state index contributed by atoms with van der Waals surface area (Å²) in [5, 5.41) is 7.12. The number of para-hydroxylation sites is 1. The molecular formula is C15H19N5O. The molecule has 1 fully saturated rings. The Morgan fingerprint density at radius 2 is 2.24 bits per heavy atom. The molecule has 21 heavy (non-hydrogen) atoms. The van der Waals surface area contributed by atoms with Gasteiger partial charge in [0.05, 0.1) is 6.54 Å². The lowest BCUT2D eigenvalue weighted by atomic mass is 10.1. The molecule has 1 aromatic heterocycles. The minimum absolute atomic E-state index is 0.0272. The third-order valence-electron chi connectivity index (χ3n) is 3.92. The third kappa shape index (κ3) is 3.28. The summed E-state index contributed by atoms with van der Waals surface area (Å²) >= 11 is 0. The molecule has 1 aliphatic carbocycles. The second-order valence-corrected chi connectivity index (χ2v) is 5.51. The summed E-state index contributed by atoms with van der Waals surface area (Å²) in [5.41, 5.74) is 7.72. The Balaban J connectivity index is 1.71. The number of anilines is 1. The van der Waals surface area contributed by atoms with Crippen molar-refractivity contribution in [3.8, 4) is 0 Å². The topological polar surface area (TPSA) is 85.8 Å². The number of amides is 1. The molecule has 1 aliphatic rings. The SMILES string of the molecule is NC1CCC(C(=O)Nc2ccccc2Cn2cncn2)C1. The van der Waals surface area contributed by atoms with Crippen molar-refractivity contribution in [2.24, 2.45) is 11.7 Å². The lowest BCUT2D eigenvalue weighted by Gasteiger charge is -2.14. The average Bonchev–Trinajstić information content (AvgIpc) is 3.12. The van der Waals surface area contributed by atoms with E-state index in [0.29, 0.717) is 6.54 Å². The minimum atomic E-state index is 0.0272. The van der Waals surface area contributed by atoms with Crippen molar-refractivity contribution in [2.45, 2.75) is 31.8 Å². The molecule has 1 aromatic carbocycles. The second-order valence-electron chi connectivity index (χ2n) is 5.51. The first kappa shape index (κ1) is 13.8. The standard InChI is InChI=1S/C15H19N5O/c16-13-6-5-11(7-13)15(21)19-14-4-2-1-3-12(14)8-20-10-17-9-18-20/h1-4,9-11,13H,5-8,16H2,(H,19,21). The van der Waals surface area contributed by atoms with Crippen LogP contribution in [0, 0.1) is 5.92 Å². The van der Waals surface area contributed by atoms with Crippen LogP contribution >= 0.6 is 0 Å². The smallest absolute Gasteiger partial charge is 0.227 e. The highest BCUT2D eigenvalue weighted by Gasteiger charge is 2.28. The van der Waals surface area contributed by atoms with Gasteiger partial charge < -0.3 is 11.1 Å². The molecule has 1 saturated carbocycles. The van der Waals surface area contributed by atoms with Gasteiger partial charge in [-0.25, -0.2) is 9.67 Å². The highest BCUT2D eigenvalue weighted by Crippen LogP contribution is 2.26. The van der Waals surface area contributed by atoms with Gasteiger partial charge in [-0.05, 0) is 30.9 Å². The summed E-state index contributed by atoms with van der Waals surface area (Å²) in [6.07, 6.45) is 5.74. The van der Waals surface area contributed by atoms with Crippen LogP contribution in [0.25, 0.3) is 0 Å². The molecule has 6 nitrogen and oxygen atoms in total. The Morgan fingerprint density at radius 1 is 1.38 bits per heavy atom. The van der Waals surface area contributed by atoms with Gasteiger partial charge in [0.1, 0.15) is 12.7 Å². The van der Waals surface area contributed by atoms with Gasteiger partial charge in [0.2, 0.25) is 5.91 Å². The van der Waals surface area contributed by atoms with Gasteiger partial charge in [0.15, 0.2) is 0 Å². The predicted octanol–water partition coefficient (Wildman–Crippen LogP) is 1.39. The van der Waals surface area contributed by atoms with Crippen LogP contribution in [0.15, 0.2) is 36.9 Å². The Labute approximate surface area is 123 Å². The molecule has 0 saturated heterocycles. The number of hydrogen-bond donors (Lipinski definition) is 2. The van der Waals surface area contributed by atoms with Crippen LogP contribution < -0.4 is 11.1 Å².